The highest BCUT2D eigenvalue weighted by Crippen LogP contribution is 2.50. The molecule has 2 rings (SSSR count). The summed E-state index contributed by atoms with van der Waals surface area (Å²) in [6, 6.07) is 2.74. The zero-order valence-corrected chi connectivity index (χ0v) is 23.2. The molecule has 1 aliphatic carbocycles. The number of carbonyl (C=O) groups is 3. The van der Waals surface area contributed by atoms with Gasteiger partial charge in [-0.15, -0.1) is 11.6 Å². The average molecular weight is 547 g/mol. The molecular formula is C27H38Cl3NO4. The van der Waals surface area contributed by atoms with Gasteiger partial charge in [-0.3, -0.25) is 9.59 Å². The van der Waals surface area contributed by atoms with Gasteiger partial charge in [0.05, 0.1) is 27.9 Å². The highest BCUT2D eigenvalue weighted by molar-refractivity contribution is 6.45. The van der Waals surface area contributed by atoms with Gasteiger partial charge in [0.2, 0.25) is 5.91 Å². The van der Waals surface area contributed by atoms with Crippen molar-refractivity contribution >= 4 is 58.1 Å². The maximum atomic E-state index is 12.6. The Labute approximate surface area is 224 Å². The van der Waals surface area contributed by atoms with Crippen LogP contribution in [-0.2, 0) is 14.3 Å². The third-order valence-electron chi connectivity index (χ3n) is 6.78. The van der Waals surface area contributed by atoms with Gasteiger partial charge in [0.25, 0.3) is 0 Å². The molecule has 1 aliphatic rings. The van der Waals surface area contributed by atoms with E-state index >= 15 is 0 Å². The van der Waals surface area contributed by atoms with Gasteiger partial charge in [0.1, 0.15) is 0 Å². The molecule has 0 heterocycles. The lowest BCUT2D eigenvalue weighted by Crippen LogP contribution is -2.35. The van der Waals surface area contributed by atoms with Gasteiger partial charge in [-0.1, -0.05) is 94.8 Å². The summed E-state index contributed by atoms with van der Waals surface area (Å²) in [4.78, 5) is 37.7. The molecule has 5 nitrogen and oxygen atoms in total. The third kappa shape index (κ3) is 9.26. The summed E-state index contributed by atoms with van der Waals surface area (Å²) in [5.74, 6) is -1.54. The molecule has 1 saturated carbocycles. The number of hydrogen-bond donors (Lipinski definition) is 1. The Morgan fingerprint density at radius 2 is 1.49 bits per heavy atom. The molecule has 1 amide bonds. The monoisotopic (exact) mass is 545 g/mol. The summed E-state index contributed by atoms with van der Waals surface area (Å²) < 4.78 is 5.37. The number of amides is 1. The first-order valence-electron chi connectivity index (χ1n) is 12.9. The van der Waals surface area contributed by atoms with Crippen LogP contribution >= 0.6 is 34.8 Å². The first-order valence-corrected chi connectivity index (χ1v) is 14.1. The van der Waals surface area contributed by atoms with Gasteiger partial charge in [-0.25, -0.2) is 4.79 Å². The second kappa shape index (κ2) is 15.1. The number of nitrogens with one attached hydrogen (secondary N) is 1. The first-order chi connectivity index (χ1) is 16.8. The molecule has 8 heteroatoms. The number of rotatable bonds is 17. The van der Waals surface area contributed by atoms with Gasteiger partial charge < -0.3 is 10.1 Å². The van der Waals surface area contributed by atoms with Crippen LogP contribution in [0.15, 0.2) is 12.1 Å². The number of esters is 1. The largest absolute Gasteiger partial charge is 0.462 e. The molecule has 0 radical (unpaired) electrons. The van der Waals surface area contributed by atoms with Crippen LogP contribution in [0, 0.1) is 5.41 Å². The van der Waals surface area contributed by atoms with Crippen molar-refractivity contribution in [2.45, 2.75) is 103 Å². The fourth-order valence-corrected chi connectivity index (χ4v) is 4.94. The Balaban J connectivity index is 1.79. The van der Waals surface area contributed by atoms with E-state index < -0.39 is 22.7 Å². The van der Waals surface area contributed by atoms with Gasteiger partial charge in [-0.2, -0.15) is 0 Å². The maximum absolute atomic E-state index is 12.6. The summed E-state index contributed by atoms with van der Waals surface area (Å²) >= 11 is 18.6. The van der Waals surface area contributed by atoms with Gasteiger partial charge in [0.15, 0.2) is 11.2 Å². The lowest BCUT2D eigenvalue weighted by atomic mass is 9.95. The summed E-state index contributed by atoms with van der Waals surface area (Å²) in [6.45, 7) is 4.44. The number of halogens is 3. The number of hydrogen-bond acceptors (Lipinski definition) is 4. The molecule has 0 aromatic heterocycles. The average Bonchev–Trinajstić information content (AvgIpc) is 3.64. The first kappa shape index (κ1) is 29.9. The molecule has 1 atom stereocenters. The van der Waals surface area contributed by atoms with Gasteiger partial charge in [-0.05, 0) is 37.8 Å². The lowest BCUT2D eigenvalue weighted by molar-refractivity contribution is -0.128. The van der Waals surface area contributed by atoms with E-state index in [1.807, 2.05) is 6.92 Å². The normalized spacial score (nSPS) is 14.9. The number of benzene rings is 1. The van der Waals surface area contributed by atoms with Crippen LogP contribution in [0.3, 0.4) is 0 Å². The Morgan fingerprint density at radius 1 is 0.914 bits per heavy atom. The van der Waals surface area contributed by atoms with Crippen molar-refractivity contribution in [3.05, 3.63) is 27.7 Å². The number of anilines is 1. The van der Waals surface area contributed by atoms with Gasteiger partial charge >= 0.3 is 5.97 Å². The molecule has 1 aromatic carbocycles. The van der Waals surface area contributed by atoms with Crippen molar-refractivity contribution in [1.29, 1.82) is 0 Å². The Hall–Kier alpha value is -1.30. The van der Waals surface area contributed by atoms with E-state index in [0.717, 1.165) is 32.1 Å². The van der Waals surface area contributed by atoms with Crippen molar-refractivity contribution < 1.29 is 19.1 Å². The third-order valence-corrected chi connectivity index (χ3v) is 7.80. The molecule has 1 unspecified atom stereocenters. The fraction of sp³-hybridized carbons (Fsp3) is 0.667. The molecule has 0 aliphatic heterocycles. The zero-order valence-electron chi connectivity index (χ0n) is 20.9. The van der Waals surface area contributed by atoms with Crippen molar-refractivity contribution in [2.24, 2.45) is 5.41 Å². The summed E-state index contributed by atoms with van der Waals surface area (Å²) in [5.41, 5.74) is -0.230. The Morgan fingerprint density at radius 3 is 2.03 bits per heavy atom. The smallest absolute Gasteiger partial charge is 0.339 e. The number of unbranched alkanes of at least 4 members (excludes halogenated alkanes) is 9. The number of Topliss-reactive ketones (excluding diaryl/α,β-unsaturated/α-hetero) is 1. The minimum Gasteiger partial charge on any atom is -0.462 e. The molecule has 0 saturated heterocycles. The van der Waals surface area contributed by atoms with Crippen LogP contribution in [0.1, 0.15) is 108 Å². The predicted octanol–water partition coefficient (Wildman–Crippen LogP) is 8.38. The predicted molar refractivity (Wildman–Crippen MR) is 144 cm³/mol. The van der Waals surface area contributed by atoms with Gasteiger partial charge in [0, 0.05) is 5.41 Å². The standard InChI is InChI=1S/C27H38Cl3NO4/c1-3-5-6-7-8-9-10-11-12-13-16-35-26(34)19-17-22(21(29)18-20(19)28)31-25(33)23(30)24(32)27(4-2)14-15-27/h17-18,23H,3-16H2,1-2H3,(H,31,33). The van der Waals surface area contributed by atoms with Crippen LogP contribution in [0.25, 0.3) is 0 Å². The second-order valence-electron chi connectivity index (χ2n) is 9.48. The van der Waals surface area contributed by atoms with E-state index in [2.05, 4.69) is 12.2 Å². The number of ketones is 1. The molecular weight excluding hydrogens is 509 g/mol. The second-order valence-corrected chi connectivity index (χ2v) is 10.7. The summed E-state index contributed by atoms with van der Waals surface area (Å²) in [7, 11) is 0. The summed E-state index contributed by atoms with van der Waals surface area (Å²) in [6.07, 6.45) is 14.0. The van der Waals surface area contributed by atoms with E-state index in [-0.39, 0.29) is 27.1 Å². The molecule has 35 heavy (non-hydrogen) atoms. The van der Waals surface area contributed by atoms with E-state index in [1.165, 1.54) is 57.1 Å². The Bertz CT molecular complexity index is 870. The van der Waals surface area contributed by atoms with Crippen LogP contribution in [0.2, 0.25) is 10.0 Å². The molecule has 1 aromatic rings. The Kier molecular flexibility index (Phi) is 12.9. The van der Waals surface area contributed by atoms with Crippen molar-refractivity contribution in [1.82, 2.24) is 0 Å². The number of alkyl halides is 1. The van der Waals surface area contributed by atoms with Crippen molar-refractivity contribution in [2.75, 3.05) is 11.9 Å². The molecule has 0 spiro atoms. The van der Waals surface area contributed by atoms with E-state index in [9.17, 15) is 14.4 Å². The molecule has 0 bridgehead atoms. The van der Waals surface area contributed by atoms with E-state index in [0.29, 0.717) is 13.0 Å². The summed E-state index contributed by atoms with van der Waals surface area (Å²) in [5, 5.41) is 1.50. The van der Waals surface area contributed by atoms with Crippen LogP contribution in [0.4, 0.5) is 5.69 Å². The highest BCUT2D eigenvalue weighted by Gasteiger charge is 2.51. The van der Waals surface area contributed by atoms with Crippen molar-refractivity contribution in [3.8, 4) is 0 Å². The van der Waals surface area contributed by atoms with E-state index in [1.54, 1.807) is 0 Å². The highest BCUT2D eigenvalue weighted by atomic mass is 35.5. The maximum Gasteiger partial charge on any atom is 0.339 e. The lowest BCUT2D eigenvalue weighted by Gasteiger charge is -2.17. The van der Waals surface area contributed by atoms with Crippen LogP contribution in [-0.4, -0.2) is 29.6 Å². The number of carbonyl (C=O) groups excluding carboxylic acids is 3. The molecule has 196 valence electrons. The quantitative estimate of drug-likeness (QED) is 0.0921. The zero-order chi connectivity index (χ0) is 25.8. The fourth-order valence-electron chi connectivity index (χ4n) is 4.14. The van der Waals surface area contributed by atoms with Crippen LogP contribution < -0.4 is 5.32 Å². The van der Waals surface area contributed by atoms with E-state index in [4.69, 9.17) is 39.5 Å². The molecule has 1 N–H and O–H groups in total. The number of ether oxygens (including phenoxy) is 1. The minimum absolute atomic E-state index is 0.100. The topological polar surface area (TPSA) is 72.5 Å². The van der Waals surface area contributed by atoms with Crippen molar-refractivity contribution in [3.63, 3.8) is 0 Å². The SMILES string of the molecule is CCCCCCCCCCCCOC(=O)c1cc(NC(=O)C(Cl)C(=O)C2(CC)CC2)c(Cl)cc1Cl. The van der Waals surface area contributed by atoms with Crippen LogP contribution in [0.5, 0.6) is 0 Å². The minimum atomic E-state index is -1.32. The molecule has 1 fully saturated rings.